The van der Waals surface area contributed by atoms with E-state index >= 15 is 0 Å². The van der Waals surface area contributed by atoms with Crippen LogP contribution in [0, 0.1) is 0 Å². The number of rotatable bonds is 3. The number of carbonyl (C=O) groups excluding carboxylic acids is 1. The zero-order valence-electron chi connectivity index (χ0n) is 8.39. The van der Waals surface area contributed by atoms with Gasteiger partial charge >= 0.3 is 0 Å². The van der Waals surface area contributed by atoms with Crippen LogP contribution in [0.1, 0.15) is 16.1 Å². The van der Waals surface area contributed by atoms with Gasteiger partial charge in [-0.25, -0.2) is 0 Å². The summed E-state index contributed by atoms with van der Waals surface area (Å²) in [4.78, 5) is 11.7. The summed E-state index contributed by atoms with van der Waals surface area (Å²) in [5, 5.41) is 0. The molecule has 0 N–H and O–H groups in total. The Morgan fingerprint density at radius 2 is 2.12 bits per heavy atom. The van der Waals surface area contributed by atoms with Crippen molar-refractivity contribution >= 4 is 27.8 Å². The van der Waals surface area contributed by atoms with Crippen molar-refractivity contribution in [3.63, 3.8) is 0 Å². The van der Waals surface area contributed by atoms with E-state index in [4.69, 9.17) is 4.42 Å². The van der Waals surface area contributed by atoms with Crippen molar-refractivity contribution in [2.75, 3.05) is 0 Å². The van der Waals surface area contributed by atoms with Crippen LogP contribution in [0.2, 0.25) is 0 Å². The summed E-state index contributed by atoms with van der Waals surface area (Å²) in [6.45, 7) is 0. The van der Waals surface area contributed by atoms with Gasteiger partial charge < -0.3 is 4.42 Å². The fourth-order valence-electron chi connectivity index (χ4n) is 1.28. The minimum absolute atomic E-state index is 0.0438. The van der Waals surface area contributed by atoms with Gasteiger partial charge in [0.2, 0.25) is 0 Å². The highest BCUT2D eigenvalue weighted by atomic mass is 79.9. The number of carbonyl (C=O) groups is 1. The normalized spacial score (nSPS) is 10.8. The van der Waals surface area contributed by atoms with E-state index in [0.29, 0.717) is 11.3 Å². The second-order valence-corrected chi connectivity index (χ2v) is 4.14. The van der Waals surface area contributed by atoms with Crippen molar-refractivity contribution in [1.29, 1.82) is 0 Å². The first kappa shape index (κ1) is 10.9. The average Bonchev–Trinajstić information content (AvgIpc) is 2.78. The highest BCUT2D eigenvalue weighted by Gasteiger charge is 2.01. The number of furan rings is 1. The van der Waals surface area contributed by atoms with Crippen LogP contribution in [0.25, 0.3) is 6.08 Å². The minimum Gasteiger partial charge on any atom is -0.465 e. The number of hydrogen-bond acceptors (Lipinski definition) is 2. The molecular formula is C13H9BrO2. The Kier molecular flexibility index (Phi) is 3.37. The molecule has 0 saturated heterocycles. The molecule has 0 aliphatic carbocycles. The molecule has 0 aliphatic heterocycles. The summed E-state index contributed by atoms with van der Waals surface area (Å²) in [7, 11) is 0. The molecule has 0 saturated carbocycles. The lowest BCUT2D eigenvalue weighted by Gasteiger charge is -1.95. The fraction of sp³-hybridized carbons (Fsp3) is 0. The molecule has 0 atom stereocenters. The van der Waals surface area contributed by atoms with E-state index < -0.39 is 0 Å². The number of ketones is 1. The van der Waals surface area contributed by atoms with Crippen molar-refractivity contribution in [2.45, 2.75) is 0 Å². The van der Waals surface area contributed by atoms with Crippen LogP contribution < -0.4 is 0 Å². The van der Waals surface area contributed by atoms with Crippen molar-refractivity contribution in [3.05, 3.63) is 64.5 Å². The molecule has 0 fully saturated rings. The largest absolute Gasteiger partial charge is 0.465 e. The monoisotopic (exact) mass is 276 g/mol. The summed E-state index contributed by atoms with van der Waals surface area (Å²) in [5.41, 5.74) is 0.650. The lowest BCUT2D eigenvalue weighted by Crippen LogP contribution is -1.93. The molecule has 1 aromatic carbocycles. The van der Waals surface area contributed by atoms with E-state index in [1.807, 2.05) is 12.1 Å². The van der Waals surface area contributed by atoms with Gasteiger partial charge in [-0.2, -0.15) is 0 Å². The molecular weight excluding hydrogens is 268 g/mol. The first-order chi connectivity index (χ1) is 7.75. The molecule has 0 amide bonds. The Balaban J connectivity index is 2.15. The molecule has 2 rings (SSSR count). The van der Waals surface area contributed by atoms with Crippen molar-refractivity contribution in [2.24, 2.45) is 0 Å². The topological polar surface area (TPSA) is 30.2 Å². The van der Waals surface area contributed by atoms with Crippen LogP contribution in [-0.2, 0) is 0 Å². The van der Waals surface area contributed by atoms with E-state index in [1.54, 1.807) is 36.6 Å². The third-order valence-electron chi connectivity index (χ3n) is 2.05. The summed E-state index contributed by atoms with van der Waals surface area (Å²) in [5.74, 6) is 0.626. The minimum atomic E-state index is -0.0438. The lowest BCUT2D eigenvalue weighted by atomic mass is 10.1. The highest BCUT2D eigenvalue weighted by molar-refractivity contribution is 9.10. The van der Waals surface area contributed by atoms with Gasteiger partial charge in [-0.1, -0.05) is 28.1 Å². The molecule has 1 aromatic heterocycles. The summed E-state index contributed by atoms with van der Waals surface area (Å²) in [6, 6.07) is 10.9. The van der Waals surface area contributed by atoms with Crippen LogP contribution >= 0.6 is 15.9 Å². The Bertz CT molecular complexity index is 512. The van der Waals surface area contributed by atoms with Crippen LogP contribution in [0.4, 0.5) is 0 Å². The van der Waals surface area contributed by atoms with Gasteiger partial charge in [0.15, 0.2) is 5.78 Å². The maximum absolute atomic E-state index is 11.7. The molecule has 2 aromatic rings. The van der Waals surface area contributed by atoms with Crippen LogP contribution in [0.15, 0.2) is 57.6 Å². The molecule has 0 radical (unpaired) electrons. The smallest absolute Gasteiger partial charge is 0.186 e. The lowest BCUT2D eigenvalue weighted by molar-refractivity contribution is 0.104. The Morgan fingerprint density at radius 3 is 2.81 bits per heavy atom. The zero-order valence-corrected chi connectivity index (χ0v) is 9.98. The Morgan fingerprint density at radius 1 is 1.25 bits per heavy atom. The zero-order chi connectivity index (χ0) is 11.4. The maximum Gasteiger partial charge on any atom is 0.186 e. The number of allylic oxidation sites excluding steroid dienone is 1. The average molecular weight is 277 g/mol. The van der Waals surface area contributed by atoms with Gasteiger partial charge in [-0.05, 0) is 36.4 Å². The van der Waals surface area contributed by atoms with Crippen molar-refractivity contribution in [3.8, 4) is 0 Å². The van der Waals surface area contributed by atoms with Gasteiger partial charge in [0.1, 0.15) is 5.76 Å². The molecule has 0 unspecified atom stereocenters. The second-order valence-electron chi connectivity index (χ2n) is 3.22. The molecule has 1 heterocycles. The van der Waals surface area contributed by atoms with E-state index in [2.05, 4.69) is 15.9 Å². The first-order valence-corrected chi connectivity index (χ1v) is 5.56. The van der Waals surface area contributed by atoms with Crippen LogP contribution in [-0.4, -0.2) is 5.78 Å². The quantitative estimate of drug-likeness (QED) is 0.628. The predicted molar refractivity (Wildman–Crippen MR) is 66.2 cm³/mol. The number of benzene rings is 1. The van der Waals surface area contributed by atoms with Gasteiger partial charge in [0.25, 0.3) is 0 Å². The molecule has 80 valence electrons. The van der Waals surface area contributed by atoms with E-state index in [-0.39, 0.29) is 5.78 Å². The molecule has 0 aliphatic rings. The number of halogens is 1. The summed E-state index contributed by atoms with van der Waals surface area (Å²) in [6.07, 6.45) is 4.73. The van der Waals surface area contributed by atoms with Crippen molar-refractivity contribution < 1.29 is 9.21 Å². The second kappa shape index (κ2) is 4.94. The molecule has 2 nitrogen and oxygen atoms in total. The standard InChI is InChI=1S/C13H9BrO2/c14-11-4-1-3-10(9-11)13(15)7-6-12-5-2-8-16-12/h1-9H/b7-6+. The van der Waals surface area contributed by atoms with Crippen LogP contribution in [0.3, 0.4) is 0 Å². The SMILES string of the molecule is O=C(/C=C/c1ccco1)c1cccc(Br)c1. The van der Waals surface area contributed by atoms with Gasteiger partial charge in [0.05, 0.1) is 6.26 Å². The summed E-state index contributed by atoms with van der Waals surface area (Å²) < 4.78 is 5.99. The third kappa shape index (κ3) is 2.70. The van der Waals surface area contributed by atoms with Gasteiger partial charge in [-0.3, -0.25) is 4.79 Å². The Labute approximate surface area is 102 Å². The molecule has 16 heavy (non-hydrogen) atoms. The van der Waals surface area contributed by atoms with Crippen LogP contribution in [0.5, 0.6) is 0 Å². The third-order valence-corrected chi connectivity index (χ3v) is 2.54. The van der Waals surface area contributed by atoms with E-state index in [1.165, 1.54) is 6.08 Å². The number of hydrogen-bond donors (Lipinski definition) is 0. The molecule has 0 spiro atoms. The fourth-order valence-corrected chi connectivity index (χ4v) is 1.68. The molecule has 3 heteroatoms. The van der Waals surface area contributed by atoms with Gasteiger partial charge in [0, 0.05) is 10.0 Å². The Hall–Kier alpha value is -1.61. The molecule has 0 bridgehead atoms. The summed E-state index contributed by atoms with van der Waals surface area (Å²) >= 11 is 3.33. The van der Waals surface area contributed by atoms with E-state index in [0.717, 1.165) is 4.47 Å². The maximum atomic E-state index is 11.7. The predicted octanol–water partition coefficient (Wildman–Crippen LogP) is 3.94. The van der Waals surface area contributed by atoms with Crippen molar-refractivity contribution in [1.82, 2.24) is 0 Å². The highest BCUT2D eigenvalue weighted by Crippen LogP contribution is 2.13. The first-order valence-electron chi connectivity index (χ1n) is 4.77. The van der Waals surface area contributed by atoms with E-state index in [9.17, 15) is 4.79 Å². The van der Waals surface area contributed by atoms with Gasteiger partial charge in [-0.15, -0.1) is 0 Å².